The van der Waals surface area contributed by atoms with Gasteiger partial charge in [0.15, 0.2) is 6.67 Å². The molecule has 0 spiro atoms. The van der Waals surface area contributed by atoms with Crippen LogP contribution in [0.2, 0.25) is 0 Å². The Labute approximate surface area is 173 Å². The van der Waals surface area contributed by atoms with Gasteiger partial charge in [-0.15, -0.1) is 5.10 Å². The van der Waals surface area contributed by atoms with Crippen molar-refractivity contribution in [2.24, 2.45) is 0 Å². The van der Waals surface area contributed by atoms with Crippen LogP contribution in [0.4, 0.5) is 0 Å². The van der Waals surface area contributed by atoms with Gasteiger partial charge >= 0.3 is 0 Å². The highest BCUT2D eigenvalue weighted by Gasteiger charge is 2.20. The van der Waals surface area contributed by atoms with Gasteiger partial charge in [0, 0.05) is 0 Å². The number of quaternary nitrogens is 1. The molecule has 1 saturated heterocycles. The Morgan fingerprint density at radius 3 is 2.55 bits per heavy atom. The van der Waals surface area contributed by atoms with Crippen molar-refractivity contribution in [2.45, 2.75) is 32.9 Å². The molecule has 7 heteroatoms. The highest BCUT2D eigenvalue weighted by atomic mass is 32.1. The zero-order valence-corrected chi connectivity index (χ0v) is 17.3. The maximum absolute atomic E-state index is 13.5. The van der Waals surface area contributed by atoms with E-state index in [1.54, 1.807) is 4.57 Å². The second-order valence-electron chi connectivity index (χ2n) is 7.83. The Hall–Kier alpha value is -2.77. The van der Waals surface area contributed by atoms with Crippen LogP contribution in [0.15, 0.2) is 53.3 Å². The lowest BCUT2D eigenvalue weighted by atomic mass is 10.1. The Kier molecular flexibility index (Phi) is 4.56. The molecule has 0 unspecified atom stereocenters. The fourth-order valence-corrected chi connectivity index (χ4v) is 4.65. The van der Waals surface area contributed by atoms with E-state index in [2.05, 4.69) is 0 Å². The monoisotopic (exact) mass is 406 g/mol. The summed E-state index contributed by atoms with van der Waals surface area (Å²) in [5.41, 5.74) is 2.60. The van der Waals surface area contributed by atoms with Gasteiger partial charge < -0.3 is 4.90 Å². The molecule has 29 heavy (non-hydrogen) atoms. The normalized spacial score (nSPS) is 15.3. The van der Waals surface area contributed by atoms with Crippen molar-refractivity contribution in [3.63, 3.8) is 0 Å². The van der Waals surface area contributed by atoms with Crippen LogP contribution >= 0.6 is 12.2 Å². The molecular weight excluding hydrogens is 382 g/mol. The first kappa shape index (κ1) is 18.3. The second kappa shape index (κ2) is 7.24. The van der Waals surface area contributed by atoms with Gasteiger partial charge in [-0.2, -0.15) is 4.68 Å². The van der Waals surface area contributed by atoms with E-state index in [9.17, 15) is 4.79 Å². The van der Waals surface area contributed by atoms with Crippen LogP contribution in [0.1, 0.15) is 24.8 Å². The minimum atomic E-state index is -0.0696. The smallest absolute Gasteiger partial charge is 0.267 e. The summed E-state index contributed by atoms with van der Waals surface area (Å²) in [6, 6.07) is 15.5. The minimum Gasteiger partial charge on any atom is -0.316 e. The molecule has 148 valence electrons. The third-order valence-electron chi connectivity index (χ3n) is 5.89. The van der Waals surface area contributed by atoms with Gasteiger partial charge in [0.2, 0.25) is 10.5 Å². The average Bonchev–Trinajstić information content (AvgIpc) is 3.06. The van der Waals surface area contributed by atoms with E-state index in [0.717, 1.165) is 36.5 Å². The van der Waals surface area contributed by atoms with Gasteiger partial charge in [-0.05, 0) is 62.2 Å². The minimum absolute atomic E-state index is 0.0696. The average molecular weight is 407 g/mol. The number of para-hydroxylation sites is 2. The first-order chi connectivity index (χ1) is 14.1. The molecule has 5 rings (SSSR count). The Bertz CT molecular complexity index is 1330. The molecule has 0 radical (unpaired) electrons. The Morgan fingerprint density at radius 1 is 1.03 bits per heavy atom. The molecule has 2 aromatic carbocycles. The molecule has 3 heterocycles. The van der Waals surface area contributed by atoms with Gasteiger partial charge in [-0.25, -0.2) is 4.57 Å². The number of aryl methyl sites for hydroxylation is 1. The molecule has 0 atom stereocenters. The first-order valence-electron chi connectivity index (χ1n) is 10.2. The summed E-state index contributed by atoms with van der Waals surface area (Å²) >= 11 is 5.84. The van der Waals surface area contributed by atoms with Crippen molar-refractivity contribution < 1.29 is 4.90 Å². The summed E-state index contributed by atoms with van der Waals surface area (Å²) in [5.74, 6) is 0.574. The number of benzene rings is 2. The van der Waals surface area contributed by atoms with Crippen molar-refractivity contribution in [1.82, 2.24) is 18.7 Å². The van der Waals surface area contributed by atoms with Crippen LogP contribution in [0, 0.1) is 11.7 Å². The van der Waals surface area contributed by atoms with E-state index in [-0.39, 0.29) is 5.56 Å². The third-order valence-corrected chi connectivity index (χ3v) is 6.28. The molecule has 1 fully saturated rings. The summed E-state index contributed by atoms with van der Waals surface area (Å²) in [7, 11) is 0. The molecule has 0 saturated carbocycles. The number of fused-ring (bicyclic) bond motifs is 3. The highest BCUT2D eigenvalue weighted by Crippen LogP contribution is 2.19. The van der Waals surface area contributed by atoms with Gasteiger partial charge in [0.25, 0.3) is 5.56 Å². The predicted octanol–water partition coefficient (Wildman–Crippen LogP) is 2.50. The lowest BCUT2D eigenvalue weighted by Crippen LogP contribution is -3.12. The number of rotatable bonds is 3. The molecule has 1 N–H and O–H groups in total. The zero-order chi connectivity index (χ0) is 20.0. The van der Waals surface area contributed by atoms with Crippen LogP contribution in [-0.2, 0) is 6.67 Å². The van der Waals surface area contributed by atoms with Crippen LogP contribution in [0.3, 0.4) is 0 Å². The zero-order valence-electron chi connectivity index (χ0n) is 16.5. The number of hydrogen-bond acceptors (Lipinski definition) is 3. The van der Waals surface area contributed by atoms with Gasteiger partial charge in [0.05, 0.1) is 29.7 Å². The molecule has 0 bridgehead atoms. The van der Waals surface area contributed by atoms with Crippen molar-refractivity contribution in [3.05, 3.63) is 69.2 Å². The number of nitrogens with zero attached hydrogens (tertiary/aromatic N) is 4. The maximum Gasteiger partial charge on any atom is 0.267 e. The molecule has 0 amide bonds. The SMILES string of the molecule is Cc1ccccc1-n1c(=O)c2ccccc2n2c(=S)n(C[NH+]3CCCCC3)nc12. The van der Waals surface area contributed by atoms with Gasteiger partial charge in [0.1, 0.15) is 0 Å². The summed E-state index contributed by atoms with van der Waals surface area (Å²) in [6.07, 6.45) is 3.79. The van der Waals surface area contributed by atoms with Crippen LogP contribution in [-0.4, -0.2) is 31.8 Å². The molecule has 1 aliphatic rings. The molecule has 4 aromatic rings. The molecule has 0 aliphatic carbocycles. The van der Waals surface area contributed by atoms with Crippen molar-refractivity contribution in [2.75, 3.05) is 13.1 Å². The topological polar surface area (TPSA) is 48.7 Å². The number of nitrogens with one attached hydrogen (secondary N) is 1. The summed E-state index contributed by atoms with van der Waals surface area (Å²) in [4.78, 5) is 15.0. The van der Waals surface area contributed by atoms with E-state index in [1.165, 1.54) is 24.2 Å². The van der Waals surface area contributed by atoms with E-state index >= 15 is 0 Å². The van der Waals surface area contributed by atoms with Crippen LogP contribution in [0.5, 0.6) is 0 Å². The quantitative estimate of drug-likeness (QED) is 0.532. The molecule has 6 nitrogen and oxygen atoms in total. The van der Waals surface area contributed by atoms with Crippen LogP contribution in [0.25, 0.3) is 22.4 Å². The molecule has 1 aliphatic heterocycles. The van der Waals surface area contributed by atoms with Gasteiger partial charge in [-0.3, -0.25) is 9.20 Å². The summed E-state index contributed by atoms with van der Waals surface area (Å²) in [6.45, 7) is 5.02. The molecular formula is C22H24N5OS+. The van der Waals surface area contributed by atoms with E-state index in [0.29, 0.717) is 15.9 Å². The Balaban J connectivity index is 1.82. The number of likely N-dealkylation sites (tertiary alicyclic amines) is 1. The van der Waals surface area contributed by atoms with Crippen molar-refractivity contribution >= 4 is 28.9 Å². The van der Waals surface area contributed by atoms with E-state index in [4.69, 9.17) is 17.3 Å². The molecule has 2 aromatic heterocycles. The third kappa shape index (κ3) is 3.01. The fourth-order valence-electron chi connectivity index (χ4n) is 4.37. The Morgan fingerprint density at radius 2 is 1.76 bits per heavy atom. The highest BCUT2D eigenvalue weighted by molar-refractivity contribution is 7.71. The van der Waals surface area contributed by atoms with Crippen molar-refractivity contribution in [3.8, 4) is 5.69 Å². The fraction of sp³-hybridized carbons (Fsp3) is 0.318. The number of hydrogen-bond donors (Lipinski definition) is 1. The van der Waals surface area contributed by atoms with Crippen LogP contribution < -0.4 is 10.5 Å². The largest absolute Gasteiger partial charge is 0.316 e. The van der Waals surface area contributed by atoms with Crippen molar-refractivity contribution in [1.29, 1.82) is 0 Å². The van der Waals surface area contributed by atoms with E-state index in [1.807, 2.05) is 64.5 Å². The standard InChI is InChI=1S/C22H23N5OS/c1-16-9-3-5-11-18(16)26-20(28)17-10-4-6-12-19(17)27-21(26)23-25(22(27)29)15-24-13-7-2-8-14-24/h3-6,9-12H,2,7-8,13-15H2,1H3/p+1. The summed E-state index contributed by atoms with van der Waals surface area (Å²) in [5, 5.41) is 5.50. The number of aromatic nitrogens is 4. The maximum atomic E-state index is 13.5. The summed E-state index contributed by atoms with van der Waals surface area (Å²) < 4.78 is 6.18. The first-order valence-corrected chi connectivity index (χ1v) is 10.6. The predicted molar refractivity (Wildman–Crippen MR) is 116 cm³/mol. The van der Waals surface area contributed by atoms with E-state index < -0.39 is 0 Å². The lowest BCUT2D eigenvalue weighted by molar-refractivity contribution is -0.928. The lowest BCUT2D eigenvalue weighted by Gasteiger charge is -2.22. The number of piperidine rings is 1. The van der Waals surface area contributed by atoms with Gasteiger partial charge in [-0.1, -0.05) is 30.3 Å². The second-order valence-corrected chi connectivity index (χ2v) is 8.20.